The molecular weight excluding hydrogens is 284 g/mol. The lowest BCUT2D eigenvalue weighted by Crippen LogP contribution is -2.36. The summed E-state index contributed by atoms with van der Waals surface area (Å²) in [7, 11) is 0. The molecule has 1 unspecified atom stereocenters. The third kappa shape index (κ3) is 2.83. The van der Waals surface area contributed by atoms with Crippen molar-refractivity contribution in [1.29, 1.82) is 0 Å². The maximum absolute atomic E-state index is 12.6. The minimum Gasteiger partial charge on any atom is -0.324 e. The van der Waals surface area contributed by atoms with E-state index in [1.165, 1.54) is 0 Å². The van der Waals surface area contributed by atoms with E-state index >= 15 is 0 Å². The van der Waals surface area contributed by atoms with E-state index in [1.54, 1.807) is 16.2 Å². The monoisotopic (exact) mass is 300 g/mol. The van der Waals surface area contributed by atoms with Crippen molar-refractivity contribution in [3.05, 3.63) is 46.7 Å². The predicted molar refractivity (Wildman–Crippen MR) is 84.6 cm³/mol. The highest BCUT2D eigenvalue weighted by Gasteiger charge is 2.28. The second kappa shape index (κ2) is 5.69. The summed E-state index contributed by atoms with van der Waals surface area (Å²) in [4.78, 5) is 27.4. The Morgan fingerprint density at radius 1 is 1.33 bits per heavy atom. The molecule has 5 heteroatoms. The van der Waals surface area contributed by atoms with Crippen LogP contribution in [-0.4, -0.2) is 18.4 Å². The molecule has 1 aliphatic rings. The number of rotatable bonds is 2. The normalized spacial score (nSPS) is 17.9. The molecule has 1 aromatic carbocycles. The fourth-order valence-corrected chi connectivity index (χ4v) is 3.12. The molecule has 3 rings (SSSR count). The van der Waals surface area contributed by atoms with Crippen LogP contribution in [0.25, 0.3) is 0 Å². The average molecular weight is 300 g/mol. The van der Waals surface area contributed by atoms with Gasteiger partial charge in [-0.3, -0.25) is 9.59 Å². The van der Waals surface area contributed by atoms with Gasteiger partial charge < -0.3 is 10.2 Å². The van der Waals surface area contributed by atoms with E-state index in [9.17, 15) is 9.59 Å². The first-order valence-corrected chi connectivity index (χ1v) is 7.76. The van der Waals surface area contributed by atoms with Gasteiger partial charge in [-0.1, -0.05) is 25.1 Å². The van der Waals surface area contributed by atoms with Gasteiger partial charge in [0.05, 0.1) is 23.7 Å². The van der Waals surface area contributed by atoms with Gasteiger partial charge in [-0.15, -0.1) is 11.3 Å². The van der Waals surface area contributed by atoms with Crippen molar-refractivity contribution >= 4 is 34.5 Å². The number of thiophene rings is 1. The van der Waals surface area contributed by atoms with Crippen molar-refractivity contribution < 1.29 is 9.59 Å². The van der Waals surface area contributed by atoms with Crippen molar-refractivity contribution in [2.45, 2.75) is 13.3 Å². The molecule has 21 heavy (non-hydrogen) atoms. The summed E-state index contributed by atoms with van der Waals surface area (Å²) in [6.07, 6.45) is 0.368. The third-order valence-electron chi connectivity index (χ3n) is 3.56. The van der Waals surface area contributed by atoms with Gasteiger partial charge in [0.1, 0.15) is 0 Å². The smallest absolute Gasteiger partial charge is 0.232 e. The average Bonchev–Trinajstić information content (AvgIpc) is 2.93. The Hall–Kier alpha value is -2.14. The summed E-state index contributed by atoms with van der Waals surface area (Å²) in [5, 5.41) is 4.85. The Kier molecular flexibility index (Phi) is 3.75. The topological polar surface area (TPSA) is 49.4 Å². The lowest BCUT2D eigenvalue weighted by Gasteiger charge is -2.23. The summed E-state index contributed by atoms with van der Waals surface area (Å²) in [5.74, 6) is -0.258. The number of nitrogens with one attached hydrogen (secondary N) is 1. The fraction of sp³-hybridized carbons (Fsp3) is 0.250. The van der Waals surface area contributed by atoms with Gasteiger partial charge in [-0.25, -0.2) is 0 Å². The molecule has 4 nitrogen and oxygen atoms in total. The van der Waals surface area contributed by atoms with Crippen LogP contribution in [0.15, 0.2) is 41.8 Å². The zero-order chi connectivity index (χ0) is 14.8. The number of fused-ring (bicyclic) bond motifs is 1. The Morgan fingerprint density at radius 2 is 2.14 bits per heavy atom. The molecule has 0 fully saturated rings. The molecule has 0 saturated heterocycles. The highest BCUT2D eigenvalue weighted by molar-refractivity contribution is 7.10. The van der Waals surface area contributed by atoms with Crippen molar-refractivity contribution in [1.82, 2.24) is 0 Å². The number of anilines is 2. The van der Waals surface area contributed by atoms with Crippen molar-refractivity contribution in [2.24, 2.45) is 5.92 Å². The molecule has 108 valence electrons. The van der Waals surface area contributed by atoms with Crippen LogP contribution < -0.4 is 10.2 Å². The maximum Gasteiger partial charge on any atom is 0.232 e. The van der Waals surface area contributed by atoms with Gasteiger partial charge in [0.25, 0.3) is 0 Å². The van der Waals surface area contributed by atoms with Gasteiger partial charge in [-0.2, -0.15) is 0 Å². The van der Waals surface area contributed by atoms with Crippen LogP contribution >= 0.6 is 11.3 Å². The summed E-state index contributed by atoms with van der Waals surface area (Å²) < 4.78 is 0. The zero-order valence-corrected chi connectivity index (χ0v) is 12.5. The third-order valence-corrected chi connectivity index (χ3v) is 4.44. The molecule has 0 radical (unpaired) electrons. The van der Waals surface area contributed by atoms with Crippen molar-refractivity contribution in [3.8, 4) is 0 Å². The Labute approximate surface area is 127 Å². The van der Waals surface area contributed by atoms with Crippen LogP contribution in [0.5, 0.6) is 0 Å². The van der Waals surface area contributed by atoms with E-state index in [-0.39, 0.29) is 17.7 Å². The second-order valence-corrected chi connectivity index (χ2v) is 6.20. The standard InChI is InChI=1S/C16H16N2O2S/c1-11-10-18(15(19)9-12-5-4-8-21-12)14-7-3-2-6-13(14)17-16(11)20/h2-8,11H,9-10H2,1H3,(H,17,20). The van der Waals surface area contributed by atoms with Crippen LogP contribution in [0, 0.1) is 5.92 Å². The van der Waals surface area contributed by atoms with E-state index in [0.717, 1.165) is 10.6 Å². The predicted octanol–water partition coefficient (Wildman–Crippen LogP) is 2.91. The molecule has 2 aromatic rings. The first-order chi connectivity index (χ1) is 10.1. The number of benzene rings is 1. The SMILES string of the molecule is CC1CN(C(=O)Cc2cccs2)c2ccccc2NC1=O. The lowest BCUT2D eigenvalue weighted by atomic mass is 10.1. The minimum absolute atomic E-state index is 0.0215. The number of carbonyl (C=O) groups is 2. The zero-order valence-electron chi connectivity index (χ0n) is 11.7. The van der Waals surface area contributed by atoms with E-state index in [4.69, 9.17) is 0 Å². The number of para-hydroxylation sites is 2. The van der Waals surface area contributed by atoms with E-state index in [0.29, 0.717) is 18.7 Å². The number of carbonyl (C=O) groups excluding carboxylic acids is 2. The largest absolute Gasteiger partial charge is 0.324 e. The molecule has 0 spiro atoms. The Balaban J connectivity index is 1.92. The molecule has 1 atom stereocenters. The first-order valence-electron chi connectivity index (χ1n) is 6.88. The number of amides is 2. The molecule has 2 amide bonds. The molecule has 1 N–H and O–H groups in total. The molecule has 0 saturated carbocycles. The van der Waals surface area contributed by atoms with Crippen LogP contribution in [-0.2, 0) is 16.0 Å². The van der Waals surface area contributed by atoms with Gasteiger partial charge in [0.2, 0.25) is 11.8 Å². The van der Waals surface area contributed by atoms with Crippen molar-refractivity contribution in [3.63, 3.8) is 0 Å². The van der Waals surface area contributed by atoms with Crippen LogP contribution in [0.4, 0.5) is 11.4 Å². The first kappa shape index (κ1) is 13.8. The number of hydrogen-bond donors (Lipinski definition) is 1. The van der Waals surface area contributed by atoms with Gasteiger partial charge >= 0.3 is 0 Å². The summed E-state index contributed by atoms with van der Waals surface area (Å²) in [5.41, 5.74) is 1.48. The van der Waals surface area contributed by atoms with Gasteiger partial charge in [-0.05, 0) is 23.6 Å². The maximum atomic E-state index is 12.6. The molecule has 0 aliphatic carbocycles. The van der Waals surface area contributed by atoms with Crippen LogP contribution in [0.3, 0.4) is 0 Å². The summed E-state index contributed by atoms with van der Waals surface area (Å²) in [6.45, 7) is 2.25. The van der Waals surface area contributed by atoms with Gasteiger partial charge in [0.15, 0.2) is 0 Å². The Bertz CT molecular complexity index is 667. The second-order valence-electron chi connectivity index (χ2n) is 5.17. The van der Waals surface area contributed by atoms with Gasteiger partial charge in [0, 0.05) is 11.4 Å². The van der Waals surface area contributed by atoms with Crippen LogP contribution in [0.1, 0.15) is 11.8 Å². The van der Waals surface area contributed by atoms with Crippen LogP contribution in [0.2, 0.25) is 0 Å². The number of hydrogen-bond acceptors (Lipinski definition) is 3. The molecule has 0 bridgehead atoms. The minimum atomic E-state index is -0.232. The molecular formula is C16H16N2O2S. The van der Waals surface area contributed by atoms with E-state index in [1.807, 2.05) is 48.7 Å². The van der Waals surface area contributed by atoms with E-state index in [2.05, 4.69) is 5.32 Å². The highest BCUT2D eigenvalue weighted by Crippen LogP contribution is 2.30. The fourth-order valence-electron chi connectivity index (χ4n) is 2.42. The summed E-state index contributed by atoms with van der Waals surface area (Å²) >= 11 is 1.57. The van der Waals surface area contributed by atoms with E-state index < -0.39 is 0 Å². The lowest BCUT2D eigenvalue weighted by molar-refractivity contribution is -0.119. The molecule has 1 aliphatic heterocycles. The Morgan fingerprint density at radius 3 is 2.90 bits per heavy atom. The number of nitrogens with zero attached hydrogens (tertiary/aromatic N) is 1. The quantitative estimate of drug-likeness (QED) is 0.927. The summed E-state index contributed by atoms with van der Waals surface area (Å²) in [6, 6.07) is 11.3. The molecule has 1 aromatic heterocycles. The molecule has 2 heterocycles. The van der Waals surface area contributed by atoms with Crippen molar-refractivity contribution in [2.75, 3.05) is 16.8 Å². The highest BCUT2D eigenvalue weighted by atomic mass is 32.1.